The standard InChI is InChI=1S/C9H15NO2/c11-9-10-6-8(12-9)7-4-2-1-3-5-7/h7-8H,1-6H2,(H,10,11)/t8-/m1/s1. The minimum Gasteiger partial charge on any atom is -0.444 e. The molecule has 0 aromatic heterocycles. The molecule has 2 aliphatic rings. The number of cyclic esters (lactones) is 1. The highest BCUT2D eigenvalue weighted by molar-refractivity contribution is 5.69. The van der Waals surface area contributed by atoms with E-state index >= 15 is 0 Å². The SMILES string of the molecule is O=C1NC[C@H](C2CCCCC2)O1. The highest BCUT2D eigenvalue weighted by atomic mass is 16.6. The van der Waals surface area contributed by atoms with Crippen LogP contribution in [0.5, 0.6) is 0 Å². The van der Waals surface area contributed by atoms with E-state index in [0.717, 1.165) is 6.54 Å². The van der Waals surface area contributed by atoms with E-state index in [4.69, 9.17) is 4.74 Å². The van der Waals surface area contributed by atoms with Gasteiger partial charge in [0.15, 0.2) is 0 Å². The summed E-state index contributed by atoms with van der Waals surface area (Å²) in [6.45, 7) is 0.726. The number of rotatable bonds is 1. The quantitative estimate of drug-likeness (QED) is 0.648. The van der Waals surface area contributed by atoms with E-state index in [9.17, 15) is 4.79 Å². The summed E-state index contributed by atoms with van der Waals surface area (Å²) in [7, 11) is 0. The van der Waals surface area contributed by atoms with E-state index in [2.05, 4.69) is 5.32 Å². The number of nitrogens with one attached hydrogen (secondary N) is 1. The highest BCUT2D eigenvalue weighted by Gasteiger charge is 2.31. The first kappa shape index (κ1) is 7.90. The maximum atomic E-state index is 10.8. The van der Waals surface area contributed by atoms with Crippen LogP contribution in [0.15, 0.2) is 0 Å². The number of hydrogen-bond donors (Lipinski definition) is 1. The summed E-state index contributed by atoms with van der Waals surface area (Å²) in [6, 6.07) is 0. The lowest BCUT2D eigenvalue weighted by molar-refractivity contribution is 0.0888. The number of amides is 1. The van der Waals surface area contributed by atoms with E-state index < -0.39 is 0 Å². The Bertz CT molecular complexity index is 175. The zero-order valence-corrected chi connectivity index (χ0v) is 7.21. The Kier molecular flexibility index (Phi) is 2.19. The van der Waals surface area contributed by atoms with Gasteiger partial charge in [0.2, 0.25) is 0 Å². The van der Waals surface area contributed by atoms with Gasteiger partial charge >= 0.3 is 6.09 Å². The van der Waals surface area contributed by atoms with Crippen molar-refractivity contribution >= 4 is 6.09 Å². The Morgan fingerprint density at radius 1 is 1.25 bits per heavy atom. The second-order valence-corrected chi connectivity index (χ2v) is 3.72. The molecule has 1 amide bonds. The molecule has 0 aromatic rings. The third-order valence-electron chi connectivity index (χ3n) is 2.88. The van der Waals surface area contributed by atoms with Crippen molar-refractivity contribution in [3.8, 4) is 0 Å². The van der Waals surface area contributed by atoms with Crippen molar-refractivity contribution in [1.82, 2.24) is 5.32 Å². The minimum atomic E-state index is -0.231. The third-order valence-corrected chi connectivity index (χ3v) is 2.88. The molecule has 68 valence electrons. The Hall–Kier alpha value is -0.730. The zero-order chi connectivity index (χ0) is 8.39. The molecule has 1 aliphatic heterocycles. The molecule has 1 heterocycles. The summed E-state index contributed by atoms with van der Waals surface area (Å²) in [5.41, 5.74) is 0. The van der Waals surface area contributed by atoms with Crippen molar-refractivity contribution in [2.75, 3.05) is 6.54 Å². The minimum absolute atomic E-state index is 0.165. The lowest BCUT2D eigenvalue weighted by atomic mass is 9.85. The molecule has 0 bridgehead atoms. The summed E-state index contributed by atoms with van der Waals surface area (Å²) in [5, 5.41) is 2.71. The van der Waals surface area contributed by atoms with E-state index in [1.807, 2.05) is 0 Å². The van der Waals surface area contributed by atoms with Crippen LogP contribution < -0.4 is 5.32 Å². The fourth-order valence-electron chi connectivity index (χ4n) is 2.17. The predicted molar refractivity (Wildman–Crippen MR) is 44.8 cm³/mol. The topological polar surface area (TPSA) is 38.3 Å². The zero-order valence-electron chi connectivity index (χ0n) is 7.21. The van der Waals surface area contributed by atoms with Crippen LogP contribution in [0.4, 0.5) is 4.79 Å². The van der Waals surface area contributed by atoms with Crippen molar-refractivity contribution in [3.05, 3.63) is 0 Å². The van der Waals surface area contributed by atoms with E-state index in [1.54, 1.807) is 0 Å². The van der Waals surface area contributed by atoms with Crippen LogP contribution in [-0.4, -0.2) is 18.7 Å². The Balaban J connectivity index is 1.86. The van der Waals surface area contributed by atoms with Gasteiger partial charge in [0.25, 0.3) is 0 Å². The molecule has 3 nitrogen and oxygen atoms in total. The van der Waals surface area contributed by atoms with Gasteiger partial charge < -0.3 is 10.1 Å². The monoisotopic (exact) mass is 169 g/mol. The van der Waals surface area contributed by atoms with Gasteiger partial charge in [0.1, 0.15) is 6.10 Å². The second kappa shape index (κ2) is 3.33. The van der Waals surface area contributed by atoms with Gasteiger partial charge in [-0.1, -0.05) is 19.3 Å². The molecule has 2 rings (SSSR count). The number of carbonyl (C=O) groups excluding carboxylic acids is 1. The van der Waals surface area contributed by atoms with E-state index in [1.165, 1.54) is 32.1 Å². The Morgan fingerprint density at radius 3 is 2.58 bits per heavy atom. The highest BCUT2D eigenvalue weighted by Crippen LogP contribution is 2.28. The van der Waals surface area contributed by atoms with Gasteiger partial charge in [-0.2, -0.15) is 0 Å². The fourth-order valence-corrected chi connectivity index (χ4v) is 2.17. The molecule has 2 fully saturated rings. The summed E-state index contributed by atoms with van der Waals surface area (Å²) in [5.74, 6) is 0.623. The molecule has 12 heavy (non-hydrogen) atoms. The maximum absolute atomic E-state index is 10.8. The average Bonchev–Trinajstić information content (AvgIpc) is 2.54. The predicted octanol–water partition coefficient (Wildman–Crippen LogP) is 1.68. The van der Waals surface area contributed by atoms with Gasteiger partial charge in [-0.05, 0) is 18.8 Å². The lowest BCUT2D eigenvalue weighted by Gasteiger charge is -2.25. The van der Waals surface area contributed by atoms with Crippen molar-refractivity contribution in [2.45, 2.75) is 38.2 Å². The fraction of sp³-hybridized carbons (Fsp3) is 0.889. The summed E-state index contributed by atoms with van der Waals surface area (Å²) < 4.78 is 5.15. The molecule has 0 spiro atoms. The largest absolute Gasteiger partial charge is 0.444 e. The smallest absolute Gasteiger partial charge is 0.407 e. The van der Waals surface area contributed by atoms with Crippen LogP contribution in [0, 0.1) is 5.92 Å². The van der Waals surface area contributed by atoms with Crippen molar-refractivity contribution in [3.63, 3.8) is 0 Å². The van der Waals surface area contributed by atoms with Crippen LogP contribution >= 0.6 is 0 Å². The molecule has 1 atom stereocenters. The Morgan fingerprint density at radius 2 is 2.00 bits per heavy atom. The summed E-state index contributed by atoms with van der Waals surface area (Å²) in [4.78, 5) is 10.8. The molecular formula is C9H15NO2. The molecule has 1 saturated heterocycles. The molecule has 1 N–H and O–H groups in total. The molecule has 0 unspecified atom stereocenters. The third kappa shape index (κ3) is 1.54. The van der Waals surface area contributed by atoms with Crippen LogP contribution in [0.3, 0.4) is 0 Å². The average molecular weight is 169 g/mol. The molecule has 1 aliphatic carbocycles. The first-order valence-corrected chi connectivity index (χ1v) is 4.81. The van der Waals surface area contributed by atoms with E-state index in [0.29, 0.717) is 5.92 Å². The van der Waals surface area contributed by atoms with E-state index in [-0.39, 0.29) is 12.2 Å². The van der Waals surface area contributed by atoms with Crippen molar-refractivity contribution in [2.24, 2.45) is 5.92 Å². The van der Waals surface area contributed by atoms with Crippen molar-refractivity contribution < 1.29 is 9.53 Å². The van der Waals surface area contributed by atoms with Gasteiger partial charge in [0.05, 0.1) is 6.54 Å². The first-order chi connectivity index (χ1) is 5.86. The summed E-state index contributed by atoms with van der Waals surface area (Å²) in [6.07, 6.45) is 6.37. The van der Waals surface area contributed by atoms with Crippen LogP contribution in [0.2, 0.25) is 0 Å². The maximum Gasteiger partial charge on any atom is 0.407 e. The molecule has 0 aromatic carbocycles. The van der Waals surface area contributed by atoms with Crippen molar-refractivity contribution in [1.29, 1.82) is 0 Å². The van der Waals surface area contributed by atoms with Gasteiger partial charge in [-0.15, -0.1) is 0 Å². The number of alkyl carbamates (subject to hydrolysis) is 1. The van der Waals surface area contributed by atoms with Crippen LogP contribution in [-0.2, 0) is 4.74 Å². The normalized spacial score (nSPS) is 31.3. The lowest BCUT2D eigenvalue weighted by Crippen LogP contribution is -2.26. The van der Waals surface area contributed by atoms with Gasteiger partial charge in [-0.3, -0.25) is 0 Å². The molecule has 1 saturated carbocycles. The number of ether oxygens (including phenoxy) is 1. The number of hydrogen-bond acceptors (Lipinski definition) is 2. The summed E-state index contributed by atoms with van der Waals surface area (Å²) >= 11 is 0. The van der Waals surface area contributed by atoms with Crippen LogP contribution in [0.1, 0.15) is 32.1 Å². The molecular weight excluding hydrogens is 154 g/mol. The van der Waals surface area contributed by atoms with Gasteiger partial charge in [-0.25, -0.2) is 4.79 Å². The molecule has 3 heteroatoms. The van der Waals surface area contributed by atoms with Crippen LogP contribution in [0.25, 0.3) is 0 Å². The number of carbonyl (C=O) groups is 1. The van der Waals surface area contributed by atoms with Gasteiger partial charge in [0, 0.05) is 0 Å². The molecule has 0 radical (unpaired) electrons. The Labute approximate surface area is 72.5 Å². The second-order valence-electron chi connectivity index (χ2n) is 3.72. The first-order valence-electron chi connectivity index (χ1n) is 4.81.